The average Bonchev–Trinajstić information content (AvgIpc) is 2.30. The van der Waals surface area contributed by atoms with Crippen LogP contribution in [0.1, 0.15) is 6.92 Å². The van der Waals surface area contributed by atoms with Gasteiger partial charge in [0.25, 0.3) is 0 Å². The first-order valence-corrected chi connectivity index (χ1v) is 1.84. The molecule has 1 rings (SSSR count). The molecule has 1 heterocycles. The lowest BCUT2D eigenvalue weighted by Gasteiger charge is -1.50. The SMILES string of the molecule is C#C.CC1CO1. The van der Waals surface area contributed by atoms with Crippen LogP contribution < -0.4 is 0 Å². The van der Waals surface area contributed by atoms with Crippen LogP contribution in [0.25, 0.3) is 0 Å². The van der Waals surface area contributed by atoms with Crippen molar-refractivity contribution in [2.75, 3.05) is 6.61 Å². The molecule has 1 unspecified atom stereocenters. The third-order valence-electron chi connectivity index (χ3n) is 0.500. The summed E-state index contributed by atoms with van der Waals surface area (Å²) in [6, 6.07) is 0. The Morgan fingerprint density at radius 2 is 1.83 bits per heavy atom. The molecule has 0 N–H and O–H groups in total. The highest BCUT2D eigenvalue weighted by Gasteiger charge is 2.13. The summed E-state index contributed by atoms with van der Waals surface area (Å²) in [4.78, 5) is 0. The molecule has 0 amide bonds. The smallest absolute Gasteiger partial charge is 0.0781 e. The fraction of sp³-hybridized carbons (Fsp3) is 0.600. The van der Waals surface area contributed by atoms with E-state index in [2.05, 4.69) is 19.8 Å². The van der Waals surface area contributed by atoms with Gasteiger partial charge in [0, 0.05) is 0 Å². The van der Waals surface area contributed by atoms with E-state index in [9.17, 15) is 0 Å². The summed E-state index contributed by atoms with van der Waals surface area (Å²) >= 11 is 0. The van der Waals surface area contributed by atoms with Gasteiger partial charge in [-0.25, -0.2) is 0 Å². The van der Waals surface area contributed by atoms with Crippen LogP contribution in [0.4, 0.5) is 0 Å². The van der Waals surface area contributed by atoms with Crippen LogP contribution in [-0.4, -0.2) is 12.7 Å². The Morgan fingerprint density at radius 1 is 1.67 bits per heavy atom. The zero-order chi connectivity index (χ0) is 4.99. The topological polar surface area (TPSA) is 12.5 Å². The van der Waals surface area contributed by atoms with Crippen molar-refractivity contribution < 1.29 is 4.74 Å². The zero-order valence-electron chi connectivity index (χ0n) is 3.85. The first kappa shape index (κ1) is 5.52. The van der Waals surface area contributed by atoms with Crippen LogP contribution in [0.5, 0.6) is 0 Å². The molecule has 0 saturated carbocycles. The van der Waals surface area contributed by atoms with Crippen molar-refractivity contribution in [3.8, 4) is 12.8 Å². The minimum atomic E-state index is 0.583. The minimum Gasteiger partial charge on any atom is -0.373 e. The van der Waals surface area contributed by atoms with Gasteiger partial charge < -0.3 is 4.74 Å². The van der Waals surface area contributed by atoms with E-state index in [1.165, 1.54) is 0 Å². The zero-order valence-corrected chi connectivity index (χ0v) is 3.85. The number of rotatable bonds is 0. The van der Waals surface area contributed by atoms with Crippen molar-refractivity contribution in [2.45, 2.75) is 13.0 Å². The molecule has 0 aromatic heterocycles. The number of terminal acetylenes is 1. The van der Waals surface area contributed by atoms with Gasteiger partial charge in [0.2, 0.25) is 0 Å². The lowest BCUT2D eigenvalue weighted by molar-refractivity contribution is 0.423. The molecule has 1 aliphatic rings. The van der Waals surface area contributed by atoms with E-state index in [1.807, 2.05) is 0 Å². The maximum absolute atomic E-state index is 4.71. The van der Waals surface area contributed by atoms with Crippen LogP contribution in [0.2, 0.25) is 0 Å². The summed E-state index contributed by atoms with van der Waals surface area (Å²) in [6.07, 6.45) is 8.58. The molecular weight excluding hydrogens is 76.1 g/mol. The van der Waals surface area contributed by atoms with E-state index in [4.69, 9.17) is 4.74 Å². The molecule has 1 nitrogen and oxygen atoms in total. The molecule has 1 aliphatic heterocycles. The molecule has 0 aromatic carbocycles. The fourth-order valence-electron chi connectivity index (χ4n) is 0.0962. The Kier molecular flexibility index (Phi) is 2.52. The van der Waals surface area contributed by atoms with Crippen LogP contribution >= 0.6 is 0 Å². The maximum Gasteiger partial charge on any atom is 0.0781 e. The fourth-order valence-corrected chi connectivity index (χ4v) is 0.0962. The Bertz CT molecular complexity index is 43.1. The highest BCUT2D eigenvalue weighted by Crippen LogP contribution is 2.04. The van der Waals surface area contributed by atoms with Crippen molar-refractivity contribution in [3.05, 3.63) is 0 Å². The summed E-state index contributed by atoms with van der Waals surface area (Å²) in [6.45, 7) is 3.04. The van der Waals surface area contributed by atoms with E-state index in [-0.39, 0.29) is 0 Å². The van der Waals surface area contributed by atoms with Gasteiger partial charge in [-0.05, 0) is 6.92 Å². The maximum atomic E-state index is 4.71. The second-order valence-corrected chi connectivity index (χ2v) is 1.14. The van der Waals surface area contributed by atoms with Crippen molar-refractivity contribution in [1.29, 1.82) is 0 Å². The quantitative estimate of drug-likeness (QED) is 0.310. The number of epoxide rings is 1. The molecule has 1 saturated heterocycles. The standard InChI is InChI=1S/C3H6O.C2H2/c1-3-2-4-3;1-2/h3H,2H2,1H3;1-2H. The monoisotopic (exact) mass is 84.1 g/mol. The van der Waals surface area contributed by atoms with E-state index >= 15 is 0 Å². The second kappa shape index (κ2) is 2.74. The molecule has 1 heteroatoms. The second-order valence-electron chi connectivity index (χ2n) is 1.14. The summed E-state index contributed by atoms with van der Waals surface area (Å²) in [5.41, 5.74) is 0. The van der Waals surface area contributed by atoms with Crippen molar-refractivity contribution in [3.63, 3.8) is 0 Å². The largest absolute Gasteiger partial charge is 0.373 e. The lowest BCUT2D eigenvalue weighted by atomic mass is 10.6. The Morgan fingerprint density at radius 3 is 1.83 bits per heavy atom. The molecule has 6 heavy (non-hydrogen) atoms. The Labute approximate surface area is 38.3 Å². The molecule has 0 bridgehead atoms. The molecule has 0 aliphatic carbocycles. The molecule has 0 aromatic rings. The summed E-state index contributed by atoms with van der Waals surface area (Å²) in [5.74, 6) is 0. The van der Waals surface area contributed by atoms with Gasteiger partial charge in [-0.15, -0.1) is 12.8 Å². The number of ether oxygens (including phenoxy) is 1. The molecule has 1 fully saturated rings. The van der Waals surface area contributed by atoms with Crippen molar-refractivity contribution in [1.82, 2.24) is 0 Å². The van der Waals surface area contributed by atoms with Gasteiger partial charge in [-0.3, -0.25) is 0 Å². The predicted molar refractivity (Wildman–Crippen MR) is 25.3 cm³/mol. The van der Waals surface area contributed by atoms with Gasteiger partial charge >= 0.3 is 0 Å². The molecule has 0 spiro atoms. The Hall–Kier alpha value is -0.480. The van der Waals surface area contributed by atoms with E-state index in [0.29, 0.717) is 6.10 Å². The van der Waals surface area contributed by atoms with Gasteiger partial charge in [0.05, 0.1) is 12.7 Å². The molecular formula is C5H8O. The number of hydrogen-bond acceptors (Lipinski definition) is 1. The highest BCUT2D eigenvalue weighted by molar-refractivity contribution is 4.58. The minimum absolute atomic E-state index is 0.583. The average molecular weight is 84.1 g/mol. The molecule has 0 radical (unpaired) electrons. The highest BCUT2D eigenvalue weighted by atomic mass is 16.6. The lowest BCUT2D eigenvalue weighted by Crippen LogP contribution is -1.60. The van der Waals surface area contributed by atoms with Crippen LogP contribution in [0.3, 0.4) is 0 Å². The van der Waals surface area contributed by atoms with E-state index in [1.54, 1.807) is 0 Å². The third kappa shape index (κ3) is 3.52. The summed E-state index contributed by atoms with van der Waals surface area (Å²) in [7, 11) is 0. The van der Waals surface area contributed by atoms with E-state index in [0.717, 1.165) is 6.61 Å². The van der Waals surface area contributed by atoms with Crippen molar-refractivity contribution >= 4 is 0 Å². The normalized spacial score (nSPS) is 26.8. The number of hydrogen-bond donors (Lipinski definition) is 0. The van der Waals surface area contributed by atoms with Gasteiger partial charge in [-0.1, -0.05) is 0 Å². The first-order valence-electron chi connectivity index (χ1n) is 1.84. The molecule has 34 valence electrons. The summed E-state index contributed by atoms with van der Waals surface area (Å²) in [5, 5.41) is 0. The van der Waals surface area contributed by atoms with Crippen LogP contribution in [0, 0.1) is 12.8 Å². The van der Waals surface area contributed by atoms with Gasteiger partial charge in [0.1, 0.15) is 0 Å². The van der Waals surface area contributed by atoms with Crippen LogP contribution in [-0.2, 0) is 4.74 Å². The third-order valence-corrected chi connectivity index (χ3v) is 0.500. The van der Waals surface area contributed by atoms with Crippen LogP contribution in [0.15, 0.2) is 0 Å². The first-order chi connectivity index (χ1) is 2.89. The molecule has 1 atom stereocenters. The Balaban J connectivity index is 0.000000112. The van der Waals surface area contributed by atoms with Gasteiger partial charge in [0.15, 0.2) is 0 Å². The predicted octanol–water partition coefficient (Wildman–Crippen LogP) is 0.654. The summed E-state index contributed by atoms with van der Waals surface area (Å²) < 4.78 is 4.71. The van der Waals surface area contributed by atoms with Gasteiger partial charge in [-0.2, -0.15) is 0 Å². The van der Waals surface area contributed by atoms with Crippen molar-refractivity contribution in [2.24, 2.45) is 0 Å². The van der Waals surface area contributed by atoms with E-state index < -0.39 is 0 Å².